The molecule has 0 atom stereocenters. The molecule has 1 nitrogen and oxygen atoms in total. The quantitative estimate of drug-likeness (QED) is 0.486. The molecule has 2 heteroatoms. The molecule has 0 radical (unpaired) electrons. The lowest BCUT2D eigenvalue weighted by Gasteiger charge is -2.31. The first kappa shape index (κ1) is 11.9. The van der Waals surface area contributed by atoms with Gasteiger partial charge in [-0.3, -0.25) is 0 Å². The number of rotatable bonds is 2. The van der Waals surface area contributed by atoms with Gasteiger partial charge in [-0.15, -0.1) is 0 Å². The van der Waals surface area contributed by atoms with Crippen LogP contribution in [0.5, 0.6) is 0 Å². The van der Waals surface area contributed by atoms with Crippen molar-refractivity contribution < 1.29 is 9.19 Å². The maximum absolute atomic E-state index is 2.30. The van der Waals surface area contributed by atoms with E-state index in [-0.39, 0.29) is 4.70 Å². The van der Waals surface area contributed by atoms with Gasteiger partial charge in [0.2, 0.25) is 0 Å². The third kappa shape index (κ3) is 4.70. The highest BCUT2D eigenvalue weighted by atomic mass is 19.0. The summed E-state index contributed by atoms with van der Waals surface area (Å²) in [7, 11) is 6.90. The van der Waals surface area contributed by atoms with Gasteiger partial charge in [-0.1, -0.05) is 19.3 Å². The van der Waals surface area contributed by atoms with Crippen molar-refractivity contribution >= 4 is 0 Å². The molecular formula is C10H22FN. The molecule has 0 N–H and O–H groups in total. The number of quaternary nitrogens is 1. The first-order valence-electron chi connectivity index (χ1n) is 4.88. The summed E-state index contributed by atoms with van der Waals surface area (Å²) in [5.41, 5.74) is 0. The molecule has 0 aromatic heterocycles. The van der Waals surface area contributed by atoms with Gasteiger partial charge in [0.1, 0.15) is 0 Å². The monoisotopic (exact) mass is 175 g/mol. The van der Waals surface area contributed by atoms with Crippen molar-refractivity contribution in [3.05, 3.63) is 0 Å². The molecular weight excluding hydrogens is 153 g/mol. The Labute approximate surface area is 75.7 Å². The lowest BCUT2D eigenvalue weighted by Crippen LogP contribution is -3.00. The van der Waals surface area contributed by atoms with E-state index in [1.54, 1.807) is 0 Å². The summed E-state index contributed by atoms with van der Waals surface area (Å²) < 4.78 is 1.14. The Kier molecular flexibility index (Phi) is 4.76. The maximum Gasteiger partial charge on any atom is 0.0809 e. The van der Waals surface area contributed by atoms with Gasteiger partial charge in [-0.25, -0.2) is 0 Å². The number of nitrogens with zero attached hydrogens (tertiary/aromatic N) is 1. The summed E-state index contributed by atoms with van der Waals surface area (Å²) in [6, 6.07) is 0. The first-order chi connectivity index (χ1) is 5.08. The van der Waals surface area contributed by atoms with Crippen LogP contribution in [0.4, 0.5) is 0 Å². The van der Waals surface area contributed by atoms with E-state index < -0.39 is 0 Å². The van der Waals surface area contributed by atoms with E-state index in [9.17, 15) is 0 Å². The van der Waals surface area contributed by atoms with E-state index in [1.807, 2.05) is 0 Å². The zero-order valence-corrected chi connectivity index (χ0v) is 8.65. The van der Waals surface area contributed by atoms with E-state index in [0.717, 1.165) is 10.4 Å². The molecule has 0 aromatic carbocycles. The second kappa shape index (κ2) is 4.80. The largest absolute Gasteiger partial charge is 1.00 e. The van der Waals surface area contributed by atoms with Crippen molar-refractivity contribution in [1.82, 2.24) is 0 Å². The fourth-order valence-corrected chi connectivity index (χ4v) is 2.14. The molecule has 1 fully saturated rings. The lowest BCUT2D eigenvalue weighted by atomic mass is 9.89. The van der Waals surface area contributed by atoms with E-state index >= 15 is 0 Å². The summed E-state index contributed by atoms with van der Waals surface area (Å²) in [4.78, 5) is 0. The van der Waals surface area contributed by atoms with Crippen LogP contribution in [0, 0.1) is 5.92 Å². The molecule has 1 rings (SSSR count). The lowest BCUT2D eigenvalue weighted by molar-refractivity contribution is -0.874. The van der Waals surface area contributed by atoms with Crippen LogP contribution in [0.1, 0.15) is 32.1 Å². The predicted octanol–water partition coefficient (Wildman–Crippen LogP) is -0.723. The molecule has 1 saturated carbocycles. The second-order valence-corrected chi connectivity index (χ2v) is 4.98. The van der Waals surface area contributed by atoms with Crippen molar-refractivity contribution in [2.45, 2.75) is 32.1 Å². The summed E-state index contributed by atoms with van der Waals surface area (Å²) in [6.07, 6.45) is 7.40. The minimum Gasteiger partial charge on any atom is -1.00 e. The minimum absolute atomic E-state index is 0. The van der Waals surface area contributed by atoms with Crippen LogP contribution in [0.3, 0.4) is 0 Å². The molecule has 0 aliphatic heterocycles. The molecule has 0 heterocycles. The molecule has 0 aromatic rings. The second-order valence-electron chi connectivity index (χ2n) is 4.98. The molecule has 0 unspecified atom stereocenters. The summed E-state index contributed by atoms with van der Waals surface area (Å²) in [5, 5.41) is 0. The van der Waals surface area contributed by atoms with Gasteiger partial charge in [0.15, 0.2) is 0 Å². The predicted molar refractivity (Wildman–Crippen MR) is 49.5 cm³/mol. The highest BCUT2D eigenvalue weighted by molar-refractivity contribution is 4.64. The van der Waals surface area contributed by atoms with Crippen molar-refractivity contribution in [1.29, 1.82) is 0 Å². The highest BCUT2D eigenvalue weighted by Gasteiger charge is 2.19. The Balaban J connectivity index is 0.00000121. The highest BCUT2D eigenvalue weighted by Crippen LogP contribution is 2.24. The number of hydrogen-bond donors (Lipinski definition) is 0. The Morgan fingerprint density at radius 2 is 1.50 bits per heavy atom. The molecule has 12 heavy (non-hydrogen) atoms. The number of halogens is 1. The van der Waals surface area contributed by atoms with Crippen LogP contribution < -0.4 is 4.70 Å². The van der Waals surface area contributed by atoms with E-state index in [4.69, 9.17) is 0 Å². The van der Waals surface area contributed by atoms with E-state index in [2.05, 4.69) is 21.1 Å². The van der Waals surface area contributed by atoms with Gasteiger partial charge in [0, 0.05) is 5.92 Å². The average Bonchev–Trinajstić information content (AvgIpc) is 1.85. The van der Waals surface area contributed by atoms with Crippen molar-refractivity contribution in [2.24, 2.45) is 5.92 Å². The van der Waals surface area contributed by atoms with Gasteiger partial charge in [-0.05, 0) is 12.8 Å². The smallest absolute Gasteiger partial charge is 0.0809 e. The Morgan fingerprint density at radius 1 is 1.00 bits per heavy atom. The molecule has 74 valence electrons. The summed E-state index contributed by atoms with van der Waals surface area (Å²) in [5.74, 6) is 1.02. The first-order valence-corrected chi connectivity index (χ1v) is 4.88. The van der Waals surface area contributed by atoms with Crippen LogP contribution >= 0.6 is 0 Å². The summed E-state index contributed by atoms with van der Waals surface area (Å²) in [6.45, 7) is 1.38. The third-order valence-corrected chi connectivity index (χ3v) is 2.53. The SMILES string of the molecule is C[N+](C)(C)CC1CCCCC1.[F-]. The fraction of sp³-hybridized carbons (Fsp3) is 1.00. The van der Waals surface area contributed by atoms with Crippen LogP contribution in [-0.4, -0.2) is 32.2 Å². The molecule has 0 bridgehead atoms. The normalized spacial score (nSPS) is 20.2. The van der Waals surface area contributed by atoms with Gasteiger partial charge < -0.3 is 9.19 Å². The van der Waals surface area contributed by atoms with Crippen molar-refractivity contribution in [2.75, 3.05) is 27.7 Å². The average molecular weight is 175 g/mol. The zero-order chi connectivity index (χ0) is 8.32. The van der Waals surface area contributed by atoms with Crippen molar-refractivity contribution in [3.63, 3.8) is 0 Å². The Bertz CT molecular complexity index is 111. The van der Waals surface area contributed by atoms with Crippen molar-refractivity contribution in [3.8, 4) is 0 Å². The summed E-state index contributed by atoms with van der Waals surface area (Å²) >= 11 is 0. The Hall–Kier alpha value is -0.110. The van der Waals surface area contributed by atoms with E-state index in [0.29, 0.717) is 0 Å². The van der Waals surface area contributed by atoms with Crippen LogP contribution in [0.25, 0.3) is 0 Å². The van der Waals surface area contributed by atoms with Crippen LogP contribution in [0.2, 0.25) is 0 Å². The van der Waals surface area contributed by atoms with Gasteiger partial charge in [-0.2, -0.15) is 0 Å². The molecule has 0 spiro atoms. The number of hydrogen-bond acceptors (Lipinski definition) is 0. The molecule has 1 aliphatic rings. The van der Waals surface area contributed by atoms with Gasteiger partial charge in [0.05, 0.1) is 27.7 Å². The van der Waals surface area contributed by atoms with Crippen LogP contribution in [-0.2, 0) is 0 Å². The Morgan fingerprint density at radius 3 is 1.92 bits per heavy atom. The zero-order valence-electron chi connectivity index (χ0n) is 8.65. The maximum atomic E-state index is 2.30. The van der Waals surface area contributed by atoms with Gasteiger partial charge >= 0.3 is 0 Å². The minimum atomic E-state index is 0. The van der Waals surface area contributed by atoms with Gasteiger partial charge in [0.25, 0.3) is 0 Å². The topological polar surface area (TPSA) is 0 Å². The van der Waals surface area contributed by atoms with Crippen LogP contribution in [0.15, 0.2) is 0 Å². The fourth-order valence-electron chi connectivity index (χ4n) is 2.14. The molecule has 0 amide bonds. The third-order valence-electron chi connectivity index (χ3n) is 2.53. The standard InChI is InChI=1S/C10H22N.FH/c1-11(2,3)9-10-7-5-4-6-8-10;/h10H,4-9H2,1-3H3;1H/q+1;/p-1. The van der Waals surface area contributed by atoms with E-state index in [1.165, 1.54) is 38.6 Å². The molecule has 0 saturated heterocycles. The molecule has 1 aliphatic carbocycles.